The van der Waals surface area contributed by atoms with Gasteiger partial charge >= 0.3 is 11.9 Å². The van der Waals surface area contributed by atoms with E-state index in [0.29, 0.717) is 20.4 Å². The molecule has 0 radical (unpaired) electrons. The summed E-state index contributed by atoms with van der Waals surface area (Å²) in [5.41, 5.74) is 2.78. The van der Waals surface area contributed by atoms with Crippen LogP contribution in [0.2, 0.25) is 0 Å². The van der Waals surface area contributed by atoms with E-state index in [4.69, 9.17) is 9.47 Å². The van der Waals surface area contributed by atoms with E-state index in [1.165, 1.54) is 6.07 Å². The minimum Gasteiger partial charge on any atom is -0.422 e. The van der Waals surface area contributed by atoms with Gasteiger partial charge in [0.05, 0.1) is 20.1 Å². The zero-order valence-electron chi connectivity index (χ0n) is 16.6. The van der Waals surface area contributed by atoms with Crippen molar-refractivity contribution in [3.63, 3.8) is 0 Å². The first-order valence-electron chi connectivity index (χ1n) is 9.52. The Hall–Kier alpha value is -2.44. The SMILES string of the molecule is CCc1ccc(OC(=O)c2cccc(C(=O)Oc3ccc(CC)cc3Br)c2)c(Br)c1. The molecule has 0 aliphatic rings. The number of ether oxygens (including phenoxy) is 2. The minimum atomic E-state index is -0.553. The van der Waals surface area contributed by atoms with Gasteiger partial charge in [0, 0.05) is 0 Å². The van der Waals surface area contributed by atoms with E-state index in [2.05, 4.69) is 45.7 Å². The largest absolute Gasteiger partial charge is 0.422 e. The predicted octanol–water partition coefficient (Wildman–Crippen LogP) is 6.77. The lowest BCUT2D eigenvalue weighted by Crippen LogP contribution is -2.13. The standard InChI is InChI=1S/C24H20Br2O4/c1-3-15-8-10-21(19(25)12-15)29-23(27)17-6-5-7-18(14-17)24(28)30-22-11-9-16(4-2)13-20(22)26/h5-14H,3-4H2,1-2H3. The van der Waals surface area contributed by atoms with Crippen molar-refractivity contribution in [2.45, 2.75) is 26.7 Å². The fourth-order valence-electron chi connectivity index (χ4n) is 2.78. The molecule has 3 rings (SSSR count). The van der Waals surface area contributed by atoms with Gasteiger partial charge in [0.15, 0.2) is 0 Å². The van der Waals surface area contributed by atoms with Crippen molar-refractivity contribution in [2.24, 2.45) is 0 Å². The molecule has 3 aromatic carbocycles. The molecule has 0 amide bonds. The molecule has 0 unspecified atom stereocenters. The van der Waals surface area contributed by atoms with Crippen molar-refractivity contribution < 1.29 is 19.1 Å². The second kappa shape index (κ2) is 10.0. The van der Waals surface area contributed by atoms with Crippen LogP contribution in [-0.4, -0.2) is 11.9 Å². The first-order chi connectivity index (χ1) is 14.4. The van der Waals surface area contributed by atoms with Crippen LogP contribution in [0.25, 0.3) is 0 Å². The molecular weight excluding hydrogens is 512 g/mol. The van der Waals surface area contributed by atoms with E-state index < -0.39 is 11.9 Å². The Labute approximate surface area is 192 Å². The number of carbonyl (C=O) groups is 2. The highest BCUT2D eigenvalue weighted by atomic mass is 79.9. The molecule has 30 heavy (non-hydrogen) atoms. The normalized spacial score (nSPS) is 10.5. The Morgan fingerprint density at radius 2 is 1.13 bits per heavy atom. The highest BCUT2D eigenvalue weighted by molar-refractivity contribution is 9.10. The van der Waals surface area contributed by atoms with Crippen molar-refractivity contribution in [1.29, 1.82) is 0 Å². The van der Waals surface area contributed by atoms with Crippen molar-refractivity contribution in [1.82, 2.24) is 0 Å². The van der Waals surface area contributed by atoms with E-state index >= 15 is 0 Å². The maximum Gasteiger partial charge on any atom is 0.343 e. The summed E-state index contributed by atoms with van der Waals surface area (Å²) in [6.45, 7) is 4.10. The van der Waals surface area contributed by atoms with Crippen molar-refractivity contribution >= 4 is 43.8 Å². The molecule has 0 fully saturated rings. The topological polar surface area (TPSA) is 52.6 Å². The smallest absolute Gasteiger partial charge is 0.343 e. The second-order valence-corrected chi connectivity index (χ2v) is 8.31. The van der Waals surface area contributed by atoms with E-state index in [9.17, 15) is 9.59 Å². The molecule has 0 heterocycles. The maximum atomic E-state index is 12.6. The summed E-state index contributed by atoms with van der Waals surface area (Å²) in [4.78, 5) is 25.2. The molecule has 3 aromatic rings. The molecule has 0 saturated carbocycles. The molecule has 154 valence electrons. The second-order valence-electron chi connectivity index (χ2n) is 6.60. The van der Waals surface area contributed by atoms with Crippen LogP contribution in [-0.2, 0) is 12.8 Å². The third-order valence-corrected chi connectivity index (χ3v) is 5.79. The van der Waals surface area contributed by atoms with Gasteiger partial charge in [-0.2, -0.15) is 0 Å². The van der Waals surface area contributed by atoms with Gasteiger partial charge in [-0.1, -0.05) is 32.0 Å². The van der Waals surface area contributed by atoms with Gasteiger partial charge in [-0.15, -0.1) is 0 Å². The molecule has 0 aliphatic carbocycles. The van der Waals surface area contributed by atoms with Crippen LogP contribution in [0.1, 0.15) is 45.7 Å². The summed E-state index contributed by atoms with van der Waals surface area (Å²) < 4.78 is 12.4. The fraction of sp³-hybridized carbons (Fsp3) is 0.167. The molecule has 0 saturated heterocycles. The Morgan fingerprint density at radius 3 is 1.50 bits per heavy atom. The molecule has 0 aliphatic heterocycles. The van der Waals surface area contributed by atoms with Gasteiger partial charge in [0.1, 0.15) is 11.5 Å². The molecule has 0 aromatic heterocycles. The molecule has 0 spiro atoms. The molecule has 0 N–H and O–H groups in total. The first-order valence-corrected chi connectivity index (χ1v) is 11.1. The Kier molecular flexibility index (Phi) is 7.45. The quantitative estimate of drug-likeness (QED) is 0.260. The Balaban J connectivity index is 1.75. The summed E-state index contributed by atoms with van der Waals surface area (Å²) in [6, 6.07) is 17.4. The lowest BCUT2D eigenvalue weighted by Gasteiger charge is -2.10. The molecule has 0 atom stereocenters. The number of carbonyl (C=O) groups excluding carboxylic acids is 2. The molecule has 4 nitrogen and oxygen atoms in total. The van der Waals surface area contributed by atoms with Gasteiger partial charge < -0.3 is 9.47 Å². The number of rotatable bonds is 6. The Morgan fingerprint density at radius 1 is 0.700 bits per heavy atom. The van der Waals surface area contributed by atoms with Gasteiger partial charge in [-0.05, 0) is 98.3 Å². The highest BCUT2D eigenvalue weighted by Crippen LogP contribution is 2.28. The number of hydrogen-bond donors (Lipinski definition) is 0. The molecule has 6 heteroatoms. The van der Waals surface area contributed by atoms with Crippen LogP contribution in [0.3, 0.4) is 0 Å². The highest BCUT2D eigenvalue weighted by Gasteiger charge is 2.16. The number of hydrogen-bond acceptors (Lipinski definition) is 4. The van der Waals surface area contributed by atoms with Crippen LogP contribution in [0.15, 0.2) is 69.6 Å². The van der Waals surface area contributed by atoms with E-state index in [1.807, 2.05) is 24.3 Å². The Bertz CT molecular complexity index is 1010. The van der Waals surface area contributed by atoms with Crippen LogP contribution < -0.4 is 9.47 Å². The van der Waals surface area contributed by atoms with Crippen molar-refractivity contribution in [3.8, 4) is 11.5 Å². The number of aryl methyl sites for hydroxylation is 2. The fourth-order valence-corrected chi connectivity index (χ4v) is 3.80. The third kappa shape index (κ3) is 5.37. The number of benzene rings is 3. The van der Waals surface area contributed by atoms with E-state index in [1.54, 1.807) is 30.3 Å². The summed E-state index contributed by atoms with van der Waals surface area (Å²) in [7, 11) is 0. The lowest BCUT2D eigenvalue weighted by molar-refractivity contribution is 0.0733. The van der Waals surface area contributed by atoms with Crippen molar-refractivity contribution in [3.05, 3.63) is 91.9 Å². The van der Waals surface area contributed by atoms with Gasteiger partial charge in [0.2, 0.25) is 0 Å². The zero-order valence-corrected chi connectivity index (χ0v) is 19.7. The number of esters is 2. The first kappa shape index (κ1) is 22.2. The van der Waals surface area contributed by atoms with Gasteiger partial charge in [-0.3, -0.25) is 0 Å². The number of halogens is 2. The van der Waals surface area contributed by atoms with Crippen molar-refractivity contribution in [2.75, 3.05) is 0 Å². The monoisotopic (exact) mass is 530 g/mol. The third-order valence-electron chi connectivity index (χ3n) is 4.55. The van der Waals surface area contributed by atoms with Crippen LogP contribution in [0.4, 0.5) is 0 Å². The van der Waals surface area contributed by atoms with E-state index in [0.717, 1.165) is 24.0 Å². The van der Waals surface area contributed by atoms with Crippen LogP contribution >= 0.6 is 31.9 Å². The average molecular weight is 532 g/mol. The average Bonchev–Trinajstić information content (AvgIpc) is 2.76. The van der Waals surface area contributed by atoms with Crippen LogP contribution in [0, 0.1) is 0 Å². The summed E-state index contributed by atoms with van der Waals surface area (Å²) >= 11 is 6.85. The molecule has 0 bridgehead atoms. The van der Waals surface area contributed by atoms with E-state index in [-0.39, 0.29) is 11.1 Å². The minimum absolute atomic E-state index is 0.260. The van der Waals surface area contributed by atoms with Crippen LogP contribution in [0.5, 0.6) is 11.5 Å². The lowest BCUT2D eigenvalue weighted by atomic mass is 10.1. The summed E-state index contributed by atoms with van der Waals surface area (Å²) in [6.07, 6.45) is 1.77. The molecular formula is C24H20Br2O4. The van der Waals surface area contributed by atoms with Gasteiger partial charge in [-0.25, -0.2) is 9.59 Å². The summed E-state index contributed by atoms with van der Waals surface area (Å²) in [5.74, 6) is -0.263. The van der Waals surface area contributed by atoms with Gasteiger partial charge in [0.25, 0.3) is 0 Å². The predicted molar refractivity (Wildman–Crippen MR) is 123 cm³/mol. The maximum absolute atomic E-state index is 12.6. The zero-order chi connectivity index (χ0) is 21.7. The summed E-state index contributed by atoms with van der Waals surface area (Å²) in [5, 5.41) is 0.